The quantitative estimate of drug-likeness (QED) is 0.627. The third kappa shape index (κ3) is 2.69. The van der Waals surface area contributed by atoms with Crippen molar-refractivity contribution < 1.29 is 9.66 Å². The Kier molecular flexibility index (Phi) is 3.51. The van der Waals surface area contributed by atoms with Crippen molar-refractivity contribution >= 4 is 17.3 Å². The Balaban J connectivity index is 2.15. The molecule has 1 aliphatic carbocycles. The molecule has 0 radical (unpaired) electrons. The highest BCUT2D eigenvalue weighted by Crippen LogP contribution is 2.43. The number of benzene rings is 1. The van der Waals surface area contributed by atoms with E-state index in [1.54, 1.807) is 37.4 Å². The lowest BCUT2D eigenvalue weighted by atomic mass is 10.1. The Morgan fingerprint density at radius 2 is 2.00 bits per heavy atom. The van der Waals surface area contributed by atoms with Gasteiger partial charge in [-0.15, -0.1) is 0 Å². The van der Waals surface area contributed by atoms with Crippen LogP contribution in [0.15, 0.2) is 30.3 Å². The lowest BCUT2D eigenvalue weighted by Gasteiger charge is -2.08. The maximum absolute atomic E-state index is 11.3. The van der Waals surface area contributed by atoms with Crippen LogP contribution in [0.5, 0.6) is 5.75 Å². The van der Waals surface area contributed by atoms with Crippen molar-refractivity contribution in [3.63, 3.8) is 0 Å². The number of ether oxygens (including phenoxy) is 1. The molecule has 0 bridgehead atoms. The number of rotatable bonds is 4. The van der Waals surface area contributed by atoms with Crippen molar-refractivity contribution in [1.29, 1.82) is 0 Å². The predicted molar refractivity (Wildman–Crippen MR) is 79.9 cm³/mol. The zero-order valence-electron chi connectivity index (χ0n) is 11.4. The van der Waals surface area contributed by atoms with Gasteiger partial charge >= 0.3 is 5.69 Å². The van der Waals surface area contributed by atoms with Gasteiger partial charge in [0, 0.05) is 17.2 Å². The van der Waals surface area contributed by atoms with E-state index in [1.807, 2.05) is 0 Å². The Labute approximate surface area is 126 Å². The van der Waals surface area contributed by atoms with E-state index < -0.39 is 4.92 Å². The van der Waals surface area contributed by atoms with E-state index in [9.17, 15) is 10.1 Å². The second-order valence-electron chi connectivity index (χ2n) is 4.99. The molecule has 108 valence electrons. The van der Waals surface area contributed by atoms with Crippen molar-refractivity contribution in [2.45, 2.75) is 18.8 Å². The molecule has 1 aromatic heterocycles. The zero-order chi connectivity index (χ0) is 15.0. The van der Waals surface area contributed by atoms with Crippen LogP contribution in [0.2, 0.25) is 5.02 Å². The molecule has 0 N–H and O–H groups in total. The van der Waals surface area contributed by atoms with Crippen molar-refractivity contribution in [3.8, 4) is 17.0 Å². The lowest BCUT2D eigenvalue weighted by Crippen LogP contribution is -1.99. The molecule has 1 heterocycles. The summed E-state index contributed by atoms with van der Waals surface area (Å²) in [4.78, 5) is 15.3. The van der Waals surface area contributed by atoms with Gasteiger partial charge in [-0.25, -0.2) is 4.98 Å². The summed E-state index contributed by atoms with van der Waals surface area (Å²) >= 11 is 6.10. The second kappa shape index (κ2) is 5.33. The Bertz CT molecular complexity index is 697. The molecular weight excluding hydrogens is 292 g/mol. The van der Waals surface area contributed by atoms with Gasteiger partial charge in [0.15, 0.2) is 0 Å². The standard InChI is InChI=1S/C15H13ClN2O3/c1-21-11-6-4-10(5-7-11)14-15(18(19)20)12(16)8-13(17-14)9-2-3-9/h4-9H,2-3H2,1H3. The van der Waals surface area contributed by atoms with Gasteiger partial charge in [-0.05, 0) is 43.2 Å². The summed E-state index contributed by atoms with van der Waals surface area (Å²) in [6.07, 6.45) is 2.12. The number of pyridine rings is 1. The highest BCUT2D eigenvalue weighted by atomic mass is 35.5. The fourth-order valence-corrected chi connectivity index (χ4v) is 2.51. The fraction of sp³-hybridized carbons (Fsp3) is 0.267. The van der Waals surface area contributed by atoms with E-state index in [0.29, 0.717) is 22.9 Å². The predicted octanol–water partition coefficient (Wildman–Crippen LogP) is 4.20. The first-order chi connectivity index (χ1) is 10.1. The average Bonchev–Trinajstić information content (AvgIpc) is 3.30. The smallest absolute Gasteiger partial charge is 0.313 e. The average molecular weight is 305 g/mol. The summed E-state index contributed by atoms with van der Waals surface area (Å²) < 4.78 is 5.10. The molecule has 5 nitrogen and oxygen atoms in total. The molecule has 2 aromatic rings. The van der Waals surface area contributed by atoms with Crippen LogP contribution in [-0.4, -0.2) is 17.0 Å². The first-order valence-electron chi connectivity index (χ1n) is 6.59. The van der Waals surface area contributed by atoms with Crippen LogP contribution in [0.4, 0.5) is 5.69 Å². The van der Waals surface area contributed by atoms with E-state index >= 15 is 0 Å². The van der Waals surface area contributed by atoms with E-state index in [2.05, 4.69) is 4.98 Å². The lowest BCUT2D eigenvalue weighted by molar-refractivity contribution is -0.384. The molecule has 0 aliphatic heterocycles. The van der Waals surface area contributed by atoms with Gasteiger partial charge in [0.2, 0.25) is 0 Å². The van der Waals surface area contributed by atoms with Gasteiger partial charge in [-0.2, -0.15) is 0 Å². The minimum atomic E-state index is -0.481. The summed E-state index contributed by atoms with van der Waals surface area (Å²) in [6.45, 7) is 0. The topological polar surface area (TPSA) is 65.3 Å². The Morgan fingerprint density at radius 3 is 2.52 bits per heavy atom. The second-order valence-corrected chi connectivity index (χ2v) is 5.39. The fourth-order valence-electron chi connectivity index (χ4n) is 2.24. The van der Waals surface area contributed by atoms with Crippen LogP contribution >= 0.6 is 11.6 Å². The largest absolute Gasteiger partial charge is 0.497 e. The summed E-state index contributed by atoms with van der Waals surface area (Å²) in [5.74, 6) is 1.06. The molecule has 21 heavy (non-hydrogen) atoms. The first kappa shape index (κ1) is 13.8. The minimum Gasteiger partial charge on any atom is -0.497 e. The molecule has 0 amide bonds. The summed E-state index contributed by atoms with van der Waals surface area (Å²) in [5.41, 5.74) is 1.66. The molecule has 6 heteroatoms. The summed E-state index contributed by atoms with van der Waals surface area (Å²) in [7, 11) is 1.57. The number of halogens is 1. The van der Waals surface area contributed by atoms with Crippen LogP contribution in [-0.2, 0) is 0 Å². The maximum Gasteiger partial charge on any atom is 0.313 e. The molecule has 3 rings (SSSR count). The van der Waals surface area contributed by atoms with E-state index in [1.165, 1.54) is 0 Å². The monoisotopic (exact) mass is 304 g/mol. The normalized spacial score (nSPS) is 14.0. The molecule has 1 fully saturated rings. The number of nitrogens with zero attached hydrogens (tertiary/aromatic N) is 2. The van der Waals surface area contributed by atoms with Gasteiger partial charge in [0.1, 0.15) is 16.5 Å². The van der Waals surface area contributed by atoms with Gasteiger partial charge in [0.05, 0.1) is 12.0 Å². The number of aromatic nitrogens is 1. The van der Waals surface area contributed by atoms with E-state index in [-0.39, 0.29) is 10.7 Å². The summed E-state index contributed by atoms with van der Waals surface area (Å²) in [6, 6.07) is 8.61. The minimum absolute atomic E-state index is 0.141. The highest BCUT2D eigenvalue weighted by molar-refractivity contribution is 6.33. The highest BCUT2D eigenvalue weighted by Gasteiger charge is 2.30. The molecule has 0 unspecified atom stereocenters. The van der Waals surface area contributed by atoms with Crippen molar-refractivity contribution in [2.75, 3.05) is 7.11 Å². The number of methoxy groups -OCH3 is 1. The Hall–Kier alpha value is -2.14. The summed E-state index contributed by atoms with van der Waals surface area (Å²) in [5, 5.41) is 11.4. The molecule has 0 saturated heterocycles. The number of nitro groups is 1. The third-order valence-electron chi connectivity index (χ3n) is 3.51. The molecule has 0 atom stereocenters. The van der Waals surface area contributed by atoms with Crippen LogP contribution < -0.4 is 4.74 Å². The molecular formula is C15H13ClN2O3. The molecule has 0 spiro atoms. The Morgan fingerprint density at radius 1 is 1.33 bits per heavy atom. The molecule has 1 aliphatic rings. The van der Waals surface area contributed by atoms with Gasteiger partial charge in [-0.1, -0.05) is 11.6 Å². The zero-order valence-corrected chi connectivity index (χ0v) is 12.1. The number of hydrogen-bond donors (Lipinski definition) is 0. The van der Waals surface area contributed by atoms with Crippen LogP contribution in [0, 0.1) is 10.1 Å². The van der Waals surface area contributed by atoms with Crippen molar-refractivity contribution in [2.24, 2.45) is 0 Å². The van der Waals surface area contributed by atoms with Gasteiger partial charge < -0.3 is 4.74 Å². The SMILES string of the molecule is COc1ccc(-c2nc(C3CC3)cc(Cl)c2[N+](=O)[O-])cc1. The van der Waals surface area contributed by atoms with Gasteiger partial charge in [-0.3, -0.25) is 10.1 Å². The van der Waals surface area contributed by atoms with E-state index in [0.717, 1.165) is 18.5 Å². The van der Waals surface area contributed by atoms with Crippen LogP contribution in [0.25, 0.3) is 11.3 Å². The maximum atomic E-state index is 11.3. The van der Waals surface area contributed by atoms with Gasteiger partial charge in [0.25, 0.3) is 0 Å². The molecule has 1 aromatic carbocycles. The van der Waals surface area contributed by atoms with Crippen LogP contribution in [0.3, 0.4) is 0 Å². The van der Waals surface area contributed by atoms with Crippen LogP contribution in [0.1, 0.15) is 24.5 Å². The van der Waals surface area contributed by atoms with Crippen molar-refractivity contribution in [3.05, 3.63) is 51.2 Å². The third-order valence-corrected chi connectivity index (χ3v) is 3.80. The number of hydrogen-bond acceptors (Lipinski definition) is 4. The first-order valence-corrected chi connectivity index (χ1v) is 6.97. The van der Waals surface area contributed by atoms with E-state index in [4.69, 9.17) is 16.3 Å². The van der Waals surface area contributed by atoms with Crippen molar-refractivity contribution in [1.82, 2.24) is 4.98 Å². The molecule has 1 saturated carbocycles.